The van der Waals surface area contributed by atoms with Crippen LogP contribution in [0.4, 0.5) is 0 Å². The summed E-state index contributed by atoms with van der Waals surface area (Å²) in [5, 5.41) is 12.4. The third-order valence-corrected chi connectivity index (χ3v) is 4.94. The number of likely N-dealkylation sites (tertiary alicyclic amines) is 1. The number of hydrogen-bond acceptors (Lipinski definition) is 3. The Balaban J connectivity index is 1.76. The third-order valence-electron chi connectivity index (χ3n) is 4.94. The first-order valence-corrected chi connectivity index (χ1v) is 8.04. The number of hydrogen-bond donors (Lipinski definition) is 1. The molecular weight excluding hydrogens is 250 g/mol. The van der Waals surface area contributed by atoms with Crippen molar-refractivity contribution in [3.05, 3.63) is 0 Å². The first kappa shape index (κ1) is 15.3. The van der Waals surface area contributed by atoms with Crippen molar-refractivity contribution in [1.29, 1.82) is 5.26 Å². The Morgan fingerprint density at radius 3 is 2.55 bits per heavy atom. The van der Waals surface area contributed by atoms with Gasteiger partial charge in [-0.2, -0.15) is 5.26 Å². The van der Waals surface area contributed by atoms with E-state index in [0.29, 0.717) is 6.42 Å². The van der Waals surface area contributed by atoms with E-state index >= 15 is 0 Å². The summed E-state index contributed by atoms with van der Waals surface area (Å²) in [6.07, 6.45) is 9.62. The van der Waals surface area contributed by atoms with Gasteiger partial charge in [0.25, 0.3) is 0 Å². The molecule has 1 aliphatic carbocycles. The van der Waals surface area contributed by atoms with Crippen LogP contribution in [-0.4, -0.2) is 36.5 Å². The Bertz CT molecular complexity index is 360. The summed E-state index contributed by atoms with van der Waals surface area (Å²) in [6, 6.07) is 2.35. The molecule has 0 spiro atoms. The van der Waals surface area contributed by atoms with Crippen LogP contribution in [0.3, 0.4) is 0 Å². The lowest BCUT2D eigenvalue weighted by molar-refractivity contribution is -0.123. The quantitative estimate of drug-likeness (QED) is 0.858. The van der Waals surface area contributed by atoms with E-state index in [1.807, 2.05) is 0 Å². The molecule has 0 aromatic rings. The van der Waals surface area contributed by atoms with Crippen molar-refractivity contribution in [3.63, 3.8) is 0 Å². The lowest BCUT2D eigenvalue weighted by Gasteiger charge is -2.36. The molecule has 20 heavy (non-hydrogen) atoms. The predicted octanol–water partition coefficient (Wildman–Crippen LogP) is 2.45. The lowest BCUT2D eigenvalue weighted by atomic mass is 9.85. The Morgan fingerprint density at radius 1 is 1.30 bits per heavy atom. The van der Waals surface area contributed by atoms with Crippen molar-refractivity contribution in [2.75, 3.05) is 20.1 Å². The summed E-state index contributed by atoms with van der Waals surface area (Å²) in [4.78, 5) is 14.3. The summed E-state index contributed by atoms with van der Waals surface area (Å²) < 4.78 is 0. The fourth-order valence-electron chi connectivity index (χ4n) is 3.41. The second-order valence-electron chi connectivity index (χ2n) is 6.59. The molecule has 1 N–H and O–H groups in total. The third kappa shape index (κ3) is 4.21. The van der Waals surface area contributed by atoms with E-state index in [-0.39, 0.29) is 5.91 Å². The molecule has 1 saturated carbocycles. The van der Waals surface area contributed by atoms with Crippen molar-refractivity contribution >= 4 is 5.91 Å². The highest BCUT2D eigenvalue weighted by Gasteiger charge is 2.35. The van der Waals surface area contributed by atoms with Crippen molar-refractivity contribution in [3.8, 4) is 6.07 Å². The number of rotatable bonds is 4. The normalized spacial score (nSPS) is 24.0. The van der Waals surface area contributed by atoms with Gasteiger partial charge in [0.1, 0.15) is 5.54 Å². The molecule has 4 heteroatoms. The van der Waals surface area contributed by atoms with Crippen LogP contribution in [0.1, 0.15) is 57.8 Å². The van der Waals surface area contributed by atoms with E-state index in [4.69, 9.17) is 0 Å². The van der Waals surface area contributed by atoms with Gasteiger partial charge in [-0.1, -0.05) is 32.1 Å². The Kier molecular flexibility index (Phi) is 5.42. The molecule has 4 nitrogen and oxygen atoms in total. The van der Waals surface area contributed by atoms with Crippen LogP contribution in [0.25, 0.3) is 0 Å². The second kappa shape index (κ2) is 7.08. The topological polar surface area (TPSA) is 56.1 Å². The minimum atomic E-state index is -0.615. The number of amides is 1. The van der Waals surface area contributed by atoms with Crippen molar-refractivity contribution in [2.24, 2.45) is 5.92 Å². The first-order valence-electron chi connectivity index (χ1n) is 8.04. The van der Waals surface area contributed by atoms with Gasteiger partial charge in [0.15, 0.2) is 0 Å². The van der Waals surface area contributed by atoms with Gasteiger partial charge < -0.3 is 10.2 Å². The molecule has 0 aromatic heterocycles. The Labute approximate surface area is 122 Å². The van der Waals surface area contributed by atoms with Crippen LogP contribution in [-0.2, 0) is 4.79 Å². The molecule has 0 radical (unpaired) electrons. The molecule has 2 rings (SSSR count). The lowest BCUT2D eigenvalue weighted by Crippen LogP contribution is -2.53. The predicted molar refractivity (Wildman–Crippen MR) is 79.0 cm³/mol. The minimum absolute atomic E-state index is 0.0710. The maximum absolute atomic E-state index is 12.1. The summed E-state index contributed by atoms with van der Waals surface area (Å²) in [7, 11) is 2.06. The second-order valence-corrected chi connectivity index (χ2v) is 6.59. The van der Waals surface area contributed by atoms with E-state index in [1.165, 1.54) is 32.1 Å². The highest BCUT2D eigenvalue weighted by atomic mass is 16.1. The molecule has 2 aliphatic rings. The maximum atomic E-state index is 12.1. The van der Waals surface area contributed by atoms with Crippen molar-refractivity contribution < 1.29 is 4.79 Å². The van der Waals surface area contributed by atoms with E-state index < -0.39 is 5.54 Å². The molecule has 1 saturated heterocycles. The van der Waals surface area contributed by atoms with Crippen LogP contribution >= 0.6 is 0 Å². The molecule has 1 heterocycles. The zero-order chi connectivity index (χ0) is 14.4. The number of nitrogens with one attached hydrogen (secondary N) is 1. The van der Waals surface area contributed by atoms with Crippen LogP contribution in [0.15, 0.2) is 0 Å². The average molecular weight is 277 g/mol. The largest absolute Gasteiger partial charge is 0.338 e. The summed E-state index contributed by atoms with van der Waals surface area (Å²) >= 11 is 0. The van der Waals surface area contributed by atoms with Gasteiger partial charge in [-0.3, -0.25) is 4.79 Å². The minimum Gasteiger partial charge on any atom is -0.338 e. The van der Waals surface area contributed by atoms with E-state index in [2.05, 4.69) is 23.3 Å². The molecular formula is C16H27N3O. The number of nitrogens with zero attached hydrogens (tertiary/aromatic N) is 2. The smallest absolute Gasteiger partial charge is 0.221 e. The number of nitriles is 1. The van der Waals surface area contributed by atoms with Crippen LogP contribution < -0.4 is 5.32 Å². The van der Waals surface area contributed by atoms with E-state index in [0.717, 1.165) is 38.3 Å². The summed E-state index contributed by atoms with van der Waals surface area (Å²) in [6.45, 7) is 1.77. The molecule has 0 aromatic carbocycles. The molecule has 2 fully saturated rings. The summed E-state index contributed by atoms with van der Waals surface area (Å²) in [5.74, 6) is 0.798. The molecule has 0 atom stereocenters. The Hall–Kier alpha value is -1.08. The number of carbonyl (C=O) groups is 1. The van der Waals surface area contributed by atoms with E-state index in [1.54, 1.807) is 0 Å². The van der Waals surface area contributed by atoms with Gasteiger partial charge in [0, 0.05) is 19.5 Å². The van der Waals surface area contributed by atoms with Gasteiger partial charge in [0.2, 0.25) is 5.91 Å². The van der Waals surface area contributed by atoms with Crippen molar-refractivity contribution in [1.82, 2.24) is 10.2 Å². The Morgan fingerprint density at radius 2 is 1.95 bits per heavy atom. The first-order chi connectivity index (χ1) is 9.63. The van der Waals surface area contributed by atoms with Gasteiger partial charge >= 0.3 is 0 Å². The monoisotopic (exact) mass is 277 g/mol. The summed E-state index contributed by atoms with van der Waals surface area (Å²) in [5.41, 5.74) is -0.615. The average Bonchev–Trinajstić information content (AvgIpc) is 2.49. The van der Waals surface area contributed by atoms with Crippen LogP contribution in [0.2, 0.25) is 0 Å². The van der Waals surface area contributed by atoms with Crippen LogP contribution in [0.5, 0.6) is 0 Å². The molecule has 0 unspecified atom stereocenters. The van der Waals surface area contributed by atoms with Gasteiger partial charge in [-0.25, -0.2) is 0 Å². The SMILES string of the molecule is CN1CCC(C#N)(NC(=O)CCC2CCCCC2)CC1. The highest BCUT2D eigenvalue weighted by Crippen LogP contribution is 2.27. The molecule has 0 bridgehead atoms. The number of carbonyl (C=O) groups excluding carboxylic acids is 1. The molecule has 1 amide bonds. The standard InChI is InChI=1S/C16H27N3O/c1-19-11-9-16(13-17,10-12-19)18-15(20)8-7-14-5-3-2-4-6-14/h14H,2-12H2,1H3,(H,18,20). The highest BCUT2D eigenvalue weighted by molar-refractivity contribution is 5.77. The van der Waals surface area contributed by atoms with Gasteiger partial charge in [0.05, 0.1) is 6.07 Å². The van der Waals surface area contributed by atoms with Crippen molar-refractivity contribution in [2.45, 2.75) is 63.3 Å². The van der Waals surface area contributed by atoms with E-state index in [9.17, 15) is 10.1 Å². The number of piperidine rings is 1. The molecule has 112 valence electrons. The fourth-order valence-corrected chi connectivity index (χ4v) is 3.41. The van der Waals surface area contributed by atoms with Gasteiger partial charge in [-0.15, -0.1) is 0 Å². The van der Waals surface area contributed by atoms with Gasteiger partial charge in [-0.05, 0) is 32.2 Å². The maximum Gasteiger partial charge on any atom is 0.221 e. The zero-order valence-corrected chi connectivity index (χ0v) is 12.7. The fraction of sp³-hybridized carbons (Fsp3) is 0.875. The van der Waals surface area contributed by atoms with Crippen LogP contribution in [0, 0.1) is 17.2 Å². The molecule has 1 aliphatic heterocycles. The zero-order valence-electron chi connectivity index (χ0n) is 12.7.